The van der Waals surface area contributed by atoms with Crippen molar-refractivity contribution in [3.63, 3.8) is 0 Å². The molecule has 1 aliphatic heterocycles. The molecule has 0 amide bonds. The Hall–Kier alpha value is -2.28. The van der Waals surface area contributed by atoms with Gasteiger partial charge in [0.1, 0.15) is 34.8 Å². The number of nitrogens with zero attached hydrogens (tertiary/aromatic N) is 3. The second-order valence-electron chi connectivity index (χ2n) is 6.89. The van der Waals surface area contributed by atoms with E-state index < -0.39 is 47.5 Å². The van der Waals surface area contributed by atoms with Crippen LogP contribution in [0.4, 0.5) is 13.2 Å². The molecule has 2 heterocycles. The van der Waals surface area contributed by atoms with Gasteiger partial charge in [-0.25, -0.2) is 17.9 Å². The first-order valence-electron chi connectivity index (χ1n) is 9.26. The number of aliphatic hydroxyl groups is 3. The molecule has 0 bridgehead atoms. The van der Waals surface area contributed by atoms with Crippen LogP contribution in [0.5, 0.6) is 0 Å². The van der Waals surface area contributed by atoms with E-state index in [4.69, 9.17) is 27.9 Å². The largest absolute Gasteiger partial charge is 0.507 e. The maximum atomic E-state index is 13.6. The molecule has 3 atom stereocenters. The van der Waals surface area contributed by atoms with Gasteiger partial charge >= 0.3 is 0 Å². The lowest BCUT2D eigenvalue weighted by Gasteiger charge is -2.34. The highest BCUT2D eigenvalue weighted by atomic mass is 35.5. The first-order valence-corrected chi connectivity index (χ1v) is 10.9. The molecule has 0 fully saturated rings. The van der Waals surface area contributed by atoms with Crippen molar-refractivity contribution >= 4 is 40.7 Å². The summed E-state index contributed by atoms with van der Waals surface area (Å²) in [6.45, 7) is -0.615. The Morgan fingerprint density at radius 1 is 1.09 bits per heavy atom. The lowest BCUT2D eigenvalue weighted by atomic mass is 10.1. The van der Waals surface area contributed by atoms with Crippen molar-refractivity contribution in [3.8, 4) is 11.3 Å². The van der Waals surface area contributed by atoms with E-state index in [-0.39, 0.29) is 22.0 Å². The van der Waals surface area contributed by atoms with Crippen LogP contribution in [-0.4, -0.2) is 54.6 Å². The molecule has 3 N–H and O–H groups in total. The van der Waals surface area contributed by atoms with Crippen molar-refractivity contribution in [1.82, 2.24) is 15.0 Å². The van der Waals surface area contributed by atoms with Gasteiger partial charge in [0, 0.05) is 10.5 Å². The predicted octanol–water partition coefficient (Wildman–Crippen LogP) is 4.27. The molecule has 0 saturated heterocycles. The molecule has 0 spiro atoms. The van der Waals surface area contributed by atoms with E-state index in [1.54, 1.807) is 18.2 Å². The number of aromatic nitrogens is 3. The number of benzene rings is 2. The number of hydrogen-bond acceptors (Lipinski definition) is 7. The Bertz CT molecular complexity index is 1220. The van der Waals surface area contributed by atoms with Crippen molar-refractivity contribution in [3.05, 3.63) is 69.8 Å². The monoisotopic (exact) mass is 519 g/mol. The van der Waals surface area contributed by atoms with Gasteiger partial charge in [-0.3, -0.25) is 0 Å². The van der Waals surface area contributed by atoms with Gasteiger partial charge in [-0.15, -0.1) is 5.10 Å². The van der Waals surface area contributed by atoms with Crippen LogP contribution in [0.15, 0.2) is 47.2 Å². The van der Waals surface area contributed by atoms with Gasteiger partial charge in [-0.1, -0.05) is 40.2 Å². The van der Waals surface area contributed by atoms with Gasteiger partial charge in [-0.05, 0) is 30.3 Å². The molecule has 174 valence electrons. The number of halogens is 5. The molecule has 1 aromatic heterocycles. The summed E-state index contributed by atoms with van der Waals surface area (Å²) in [4.78, 5) is 0.586. The fraction of sp³-hybridized carbons (Fsp3) is 0.200. The Morgan fingerprint density at radius 2 is 1.79 bits per heavy atom. The van der Waals surface area contributed by atoms with Crippen LogP contribution in [0.2, 0.25) is 10.0 Å². The number of aliphatic hydroxyl groups excluding tert-OH is 3. The van der Waals surface area contributed by atoms with Gasteiger partial charge in [-0.2, -0.15) is 0 Å². The van der Waals surface area contributed by atoms with Crippen LogP contribution in [0, 0.1) is 17.5 Å². The number of ether oxygens (including phenoxy) is 1. The third-order valence-corrected chi connectivity index (χ3v) is 6.60. The Labute approximate surface area is 199 Å². The van der Waals surface area contributed by atoms with Gasteiger partial charge in [0.2, 0.25) is 0 Å². The smallest absolute Gasteiger partial charge is 0.194 e. The molecular formula is C20H14Cl2F3N3O4S. The second-order valence-corrected chi connectivity index (χ2v) is 8.87. The van der Waals surface area contributed by atoms with E-state index >= 15 is 0 Å². The summed E-state index contributed by atoms with van der Waals surface area (Å²) in [6, 6.07) is 6.24. The molecule has 33 heavy (non-hydrogen) atoms. The third kappa shape index (κ3) is 4.70. The van der Waals surface area contributed by atoms with E-state index in [9.17, 15) is 28.5 Å². The molecule has 7 nitrogen and oxygen atoms in total. The van der Waals surface area contributed by atoms with Crippen molar-refractivity contribution in [2.75, 3.05) is 6.61 Å². The maximum absolute atomic E-state index is 13.6. The van der Waals surface area contributed by atoms with Crippen LogP contribution in [-0.2, 0) is 4.74 Å². The first-order chi connectivity index (χ1) is 15.7. The fourth-order valence-corrected chi connectivity index (χ4v) is 4.53. The van der Waals surface area contributed by atoms with Crippen LogP contribution >= 0.6 is 35.0 Å². The normalized spacial score (nSPS) is 21.0. The minimum Gasteiger partial charge on any atom is -0.507 e. The van der Waals surface area contributed by atoms with Crippen LogP contribution in [0.3, 0.4) is 0 Å². The van der Waals surface area contributed by atoms with Crippen molar-refractivity contribution in [1.29, 1.82) is 0 Å². The average molecular weight is 520 g/mol. The zero-order valence-corrected chi connectivity index (χ0v) is 18.6. The van der Waals surface area contributed by atoms with Gasteiger partial charge in [0.15, 0.2) is 17.5 Å². The molecule has 13 heteroatoms. The highest BCUT2D eigenvalue weighted by molar-refractivity contribution is 7.99. The van der Waals surface area contributed by atoms with Crippen molar-refractivity contribution in [2.45, 2.75) is 22.5 Å². The summed E-state index contributed by atoms with van der Waals surface area (Å²) in [5.74, 6) is -4.96. The quantitative estimate of drug-likeness (QED) is 0.433. The summed E-state index contributed by atoms with van der Waals surface area (Å²) in [5.41, 5.74) is -1.35. The predicted molar refractivity (Wildman–Crippen MR) is 115 cm³/mol. The summed E-state index contributed by atoms with van der Waals surface area (Å²) >= 11 is 13.0. The van der Waals surface area contributed by atoms with Gasteiger partial charge < -0.3 is 20.1 Å². The van der Waals surface area contributed by atoms with E-state index in [1.807, 2.05) is 0 Å². The molecule has 0 radical (unpaired) electrons. The molecule has 4 rings (SSSR count). The topological polar surface area (TPSA) is 101 Å². The van der Waals surface area contributed by atoms with Crippen LogP contribution in [0.25, 0.3) is 17.0 Å². The summed E-state index contributed by atoms with van der Waals surface area (Å²) < 4.78 is 47.0. The van der Waals surface area contributed by atoms with Gasteiger partial charge in [0.05, 0.1) is 22.8 Å². The van der Waals surface area contributed by atoms with E-state index in [0.717, 1.165) is 28.6 Å². The highest BCUT2D eigenvalue weighted by Gasteiger charge is 2.39. The molecular weight excluding hydrogens is 506 g/mol. The van der Waals surface area contributed by atoms with Crippen LogP contribution in [0.1, 0.15) is 0 Å². The summed E-state index contributed by atoms with van der Waals surface area (Å²) in [6.07, 6.45) is -1.48. The lowest BCUT2D eigenvalue weighted by Crippen LogP contribution is -2.42. The molecule has 2 unspecified atom stereocenters. The van der Waals surface area contributed by atoms with Crippen molar-refractivity contribution < 1.29 is 33.2 Å². The molecule has 0 saturated carbocycles. The summed E-state index contributed by atoms with van der Waals surface area (Å²) in [7, 11) is 0. The Balaban J connectivity index is 1.67. The van der Waals surface area contributed by atoms with E-state index in [1.165, 1.54) is 6.20 Å². The Kier molecular flexibility index (Phi) is 6.89. The summed E-state index contributed by atoms with van der Waals surface area (Å²) in [5, 5.41) is 39.3. The zero-order chi connectivity index (χ0) is 23.9. The van der Waals surface area contributed by atoms with Crippen LogP contribution < -0.4 is 0 Å². The minimum absolute atomic E-state index is 0.0546. The maximum Gasteiger partial charge on any atom is 0.194 e. The van der Waals surface area contributed by atoms with Crippen molar-refractivity contribution in [2.24, 2.45) is 0 Å². The average Bonchev–Trinajstić information content (AvgIpc) is 3.26. The molecule has 0 aliphatic carbocycles. The van der Waals surface area contributed by atoms with E-state index in [0.29, 0.717) is 9.92 Å². The third-order valence-electron chi connectivity index (χ3n) is 4.73. The molecule has 1 aliphatic rings. The van der Waals surface area contributed by atoms with Gasteiger partial charge in [0.25, 0.3) is 0 Å². The molecule has 3 aromatic rings. The first kappa shape index (κ1) is 23.9. The Morgan fingerprint density at radius 3 is 2.42 bits per heavy atom. The van der Waals surface area contributed by atoms with E-state index in [2.05, 4.69) is 10.3 Å². The highest BCUT2D eigenvalue weighted by Crippen LogP contribution is 2.38. The standard InChI is InChI=1S/C20H14Cl2F3N3O4S/c21-10-2-1-9(5-11(10)22)33-20-19(31)17(18(30)15(7-29)32-20)28-6-14(26-27-28)8-3-12(23)16(25)13(24)4-8/h1-6,15,19-20,29-31H,7H2/t15?,19?,20-/m1/s1. The zero-order valence-electron chi connectivity index (χ0n) is 16.3. The molecule has 2 aromatic carbocycles. The number of rotatable bonds is 5. The second kappa shape index (κ2) is 9.53. The lowest BCUT2D eigenvalue weighted by molar-refractivity contribution is -0.0506. The fourth-order valence-electron chi connectivity index (χ4n) is 3.12. The number of hydrogen-bond donors (Lipinski definition) is 3. The number of thioether (sulfide) groups is 1. The minimum atomic E-state index is -1.63. The SMILES string of the molecule is OCC1O[C@H](Sc2ccc(Cl)c(Cl)c2)C(O)C(n2cc(-c3cc(F)c(F)c(F)c3)nn2)=C1O.